The second kappa shape index (κ2) is 17.4. The summed E-state index contributed by atoms with van der Waals surface area (Å²) in [6.07, 6.45) is -8.11. The summed E-state index contributed by atoms with van der Waals surface area (Å²) >= 11 is 14.0. The number of carbonyl (C=O) groups is 6. The predicted octanol–water partition coefficient (Wildman–Crippen LogP) is 6.41. The van der Waals surface area contributed by atoms with Crippen molar-refractivity contribution in [3.05, 3.63) is 93.7 Å². The summed E-state index contributed by atoms with van der Waals surface area (Å²) in [6.45, 7) is 2.67. The van der Waals surface area contributed by atoms with Gasteiger partial charge in [0.25, 0.3) is 18.3 Å². The van der Waals surface area contributed by atoms with Gasteiger partial charge >= 0.3 is 17.9 Å². The van der Waals surface area contributed by atoms with Gasteiger partial charge in [0.2, 0.25) is 12.4 Å². The van der Waals surface area contributed by atoms with Gasteiger partial charge in [0.05, 0.1) is 28.2 Å². The first kappa shape index (κ1) is 42.7. The van der Waals surface area contributed by atoms with Crippen molar-refractivity contribution in [2.24, 2.45) is 0 Å². The molecule has 18 heteroatoms. The molecule has 3 aliphatic heterocycles. The molecule has 3 aliphatic rings. The van der Waals surface area contributed by atoms with Crippen LogP contribution in [0, 0.1) is 0 Å². The van der Waals surface area contributed by atoms with Crippen molar-refractivity contribution in [1.29, 1.82) is 0 Å². The predicted molar refractivity (Wildman–Crippen MR) is 228 cm³/mol. The van der Waals surface area contributed by atoms with E-state index in [-0.39, 0.29) is 65.4 Å². The second-order valence-electron chi connectivity index (χ2n) is 14.8. The van der Waals surface area contributed by atoms with Crippen LogP contribution in [-0.2, 0) is 42.9 Å². The topological polar surface area (TPSA) is 185 Å². The van der Waals surface area contributed by atoms with E-state index >= 15 is 0 Å². The average Bonchev–Trinajstić information content (AvgIpc) is 4.01. The highest BCUT2D eigenvalue weighted by molar-refractivity contribution is 7.16. The SMILES string of the molecule is COC(=O)C1O[C@@H](Oc2cc3c(c4ccccc24)[C@H](CCl)CN3C(=O)c2ccc(C(=O)N3C[C@@H](CCl)c4c3cc(O)c3ccccc43)s2)[C@@H](OC(C)=O)C(OC(C)=O)[C@@H]1OC=O. The number of thiophene rings is 1. The highest BCUT2D eigenvalue weighted by atomic mass is 35.5. The molecule has 1 aromatic heterocycles. The zero-order chi connectivity index (χ0) is 44.0. The molecule has 62 heavy (non-hydrogen) atoms. The van der Waals surface area contributed by atoms with Gasteiger partial charge in [-0.2, -0.15) is 0 Å². The first-order chi connectivity index (χ1) is 29.9. The number of rotatable bonds is 11. The number of phenols is 1. The minimum absolute atomic E-state index is 0.0292. The van der Waals surface area contributed by atoms with Gasteiger partial charge in [0.15, 0.2) is 18.3 Å². The molecule has 1 N–H and O–H groups in total. The molecule has 1 fully saturated rings. The average molecular weight is 906 g/mol. The van der Waals surface area contributed by atoms with E-state index in [1.165, 1.54) is 0 Å². The summed E-state index contributed by atoms with van der Waals surface area (Å²) in [5.74, 6) is -3.42. The molecule has 322 valence electrons. The Hall–Kier alpha value is -5.94. The number of alkyl halides is 2. The first-order valence-electron chi connectivity index (χ1n) is 19.4. The zero-order valence-electron chi connectivity index (χ0n) is 33.3. The van der Waals surface area contributed by atoms with E-state index in [2.05, 4.69) is 0 Å². The molecule has 4 heterocycles. The Morgan fingerprint density at radius 1 is 0.758 bits per heavy atom. The molecule has 7 atom stereocenters. The van der Waals surface area contributed by atoms with Gasteiger partial charge in [-0.05, 0) is 34.0 Å². The Kier molecular flexibility index (Phi) is 12.0. The lowest BCUT2D eigenvalue weighted by molar-refractivity contribution is -0.280. The number of carbonyl (C=O) groups excluding carboxylic acids is 6. The molecule has 15 nitrogen and oxygen atoms in total. The van der Waals surface area contributed by atoms with Gasteiger partial charge in [-0.1, -0.05) is 48.5 Å². The number of nitrogens with zero attached hydrogens (tertiary/aromatic N) is 2. The minimum Gasteiger partial charge on any atom is -0.507 e. The monoisotopic (exact) mass is 904 g/mol. The number of ether oxygens (including phenoxy) is 6. The fraction of sp³-hybridized carbons (Fsp3) is 0.318. The van der Waals surface area contributed by atoms with E-state index in [0.717, 1.165) is 48.8 Å². The number of methoxy groups -OCH3 is 1. The third-order valence-electron chi connectivity index (χ3n) is 11.2. The lowest BCUT2D eigenvalue weighted by atomic mass is 9.95. The summed E-state index contributed by atoms with van der Waals surface area (Å²) in [6, 6.07) is 20.9. The van der Waals surface area contributed by atoms with Crippen molar-refractivity contribution >= 4 is 104 Å². The third-order valence-corrected chi connectivity index (χ3v) is 13.0. The van der Waals surface area contributed by atoms with Gasteiger partial charge in [-0.3, -0.25) is 24.0 Å². The van der Waals surface area contributed by atoms with Crippen LogP contribution < -0.4 is 14.5 Å². The molecular weight excluding hydrogens is 867 g/mol. The van der Waals surface area contributed by atoms with Crippen LogP contribution in [0.25, 0.3) is 21.5 Å². The highest BCUT2D eigenvalue weighted by Gasteiger charge is 2.55. The normalized spacial score (nSPS) is 22.8. The summed E-state index contributed by atoms with van der Waals surface area (Å²) in [5, 5.41) is 13.6. The standard InChI is InChI=1S/C44H38Cl2N2O13S/c1-21(50)58-38-37(57-20-49)39(43(55)56-3)61-44(40(38)59-22(2)51)60-32-15-30-36(28-11-7-5-9-26(28)32)24(17-46)19-48(30)42(54)34-13-12-33(62-34)41(53)47-18-23(16-45)35-27-10-6-4-8-25(27)31(52)14-29(35)47/h4-15,20,23-24,37-40,44,52H,16-19H2,1-3H3/t23-,24-,37+,38?,39?,40+,44-/m1/s1. The summed E-state index contributed by atoms with van der Waals surface area (Å²) in [4.78, 5) is 81.8. The van der Waals surface area contributed by atoms with Crippen molar-refractivity contribution in [2.75, 3.05) is 41.8 Å². The lowest BCUT2D eigenvalue weighted by Crippen LogP contribution is -2.64. The van der Waals surface area contributed by atoms with Gasteiger partial charge in [-0.25, -0.2) is 4.79 Å². The van der Waals surface area contributed by atoms with E-state index in [1.54, 1.807) is 52.3 Å². The number of fused-ring (bicyclic) bond motifs is 6. The fourth-order valence-electron chi connectivity index (χ4n) is 8.60. The Balaban J connectivity index is 1.15. The summed E-state index contributed by atoms with van der Waals surface area (Å²) < 4.78 is 33.5. The van der Waals surface area contributed by atoms with Crippen molar-refractivity contribution in [2.45, 2.75) is 56.4 Å². The molecule has 2 unspecified atom stereocenters. The van der Waals surface area contributed by atoms with E-state index < -0.39 is 54.5 Å². The van der Waals surface area contributed by atoms with Crippen LogP contribution >= 0.6 is 34.5 Å². The number of amides is 2. The molecule has 1 saturated heterocycles. The number of hydrogen-bond donors (Lipinski definition) is 1. The zero-order valence-corrected chi connectivity index (χ0v) is 35.6. The Morgan fingerprint density at radius 3 is 1.81 bits per heavy atom. The van der Waals surface area contributed by atoms with Gasteiger partial charge in [0.1, 0.15) is 11.5 Å². The number of anilines is 2. The number of hydrogen-bond acceptors (Lipinski definition) is 14. The number of benzene rings is 4. The molecule has 0 radical (unpaired) electrons. The molecule has 4 aromatic carbocycles. The van der Waals surface area contributed by atoms with E-state index in [0.29, 0.717) is 32.4 Å². The van der Waals surface area contributed by atoms with Gasteiger partial charge in [-0.15, -0.1) is 34.5 Å². The quantitative estimate of drug-likeness (QED) is 0.0665. The van der Waals surface area contributed by atoms with Crippen LogP contribution in [0.15, 0.2) is 72.8 Å². The van der Waals surface area contributed by atoms with Crippen LogP contribution in [0.4, 0.5) is 11.4 Å². The van der Waals surface area contributed by atoms with Crippen LogP contribution in [0.2, 0.25) is 0 Å². The van der Waals surface area contributed by atoms with Crippen molar-refractivity contribution in [3.63, 3.8) is 0 Å². The maximum Gasteiger partial charge on any atom is 0.339 e. The Morgan fingerprint density at radius 2 is 1.27 bits per heavy atom. The van der Waals surface area contributed by atoms with Gasteiger partial charge < -0.3 is 43.3 Å². The summed E-state index contributed by atoms with van der Waals surface area (Å²) in [5.41, 5.74) is 2.61. The Bertz CT molecular complexity index is 2640. The molecular formula is C44H38Cl2N2O13S. The number of phenolic OH excluding ortho intramolecular Hbond substituents is 1. The highest BCUT2D eigenvalue weighted by Crippen LogP contribution is 2.48. The largest absolute Gasteiger partial charge is 0.507 e. The van der Waals surface area contributed by atoms with E-state index in [9.17, 15) is 33.9 Å². The van der Waals surface area contributed by atoms with Gasteiger partial charge in [0, 0.05) is 73.4 Å². The maximum atomic E-state index is 14.6. The minimum atomic E-state index is -1.69. The van der Waals surface area contributed by atoms with Crippen molar-refractivity contribution in [1.82, 2.24) is 0 Å². The molecule has 0 bridgehead atoms. The fourth-order valence-corrected chi connectivity index (χ4v) is 10.0. The number of esters is 3. The molecule has 0 spiro atoms. The van der Waals surface area contributed by atoms with Crippen LogP contribution in [0.3, 0.4) is 0 Å². The second-order valence-corrected chi connectivity index (χ2v) is 16.5. The van der Waals surface area contributed by atoms with Crippen LogP contribution in [0.5, 0.6) is 11.5 Å². The molecule has 0 aliphatic carbocycles. The lowest BCUT2D eigenvalue weighted by Gasteiger charge is -2.42. The van der Waals surface area contributed by atoms with Crippen molar-refractivity contribution in [3.8, 4) is 11.5 Å². The Labute approximate surface area is 367 Å². The van der Waals surface area contributed by atoms with Crippen molar-refractivity contribution < 1.29 is 62.3 Å². The summed E-state index contributed by atoms with van der Waals surface area (Å²) in [7, 11) is 1.08. The first-order valence-corrected chi connectivity index (χ1v) is 21.3. The number of aromatic hydroxyl groups is 1. The maximum absolute atomic E-state index is 14.6. The molecule has 0 saturated carbocycles. The molecule has 2 amide bonds. The third kappa shape index (κ3) is 7.54. The smallest absolute Gasteiger partial charge is 0.339 e. The van der Waals surface area contributed by atoms with Crippen LogP contribution in [0.1, 0.15) is 56.2 Å². The van der Waals surface area contributed by atoms with Crippen LogP contribution in [-0.4, -0.2) is 104 Å². The molecule has 5 aromatic rings. The van der Waals surface area contributed by atoms with E-state index in [4.69, 9.17) is 51.6 Å². The van der Waals surface area contributed by atoms with E-state index in [1.807, 2.05) is 30.3 Å². The number of halogens is 2. The molecule has 8 rings (SSSR count).